The smallest absolute Gasteiger partial charge is 0.242 e. The molecule has 2 rings (SSSR count). The van der Waals surface area contributed by atoms with Crippen molar-refractivity contribution in [3.8, 4) is 5.75 Å². The Bertz CT molecular complexity index is 941. The molecule has 0 aliphatic heterocycles. The number of hydrogen-bond acceptors (Lipinski definition) is 4. The Labute approximate surface area is 171 Å². The van der Waals surface area contributed by atoms with Gasteiger partial charge in [0.1, 0.15) is 5.75 Å². The van der Waals surface area contributed by atoms with Gasteiger partial charge < -0.3 is 10.1 Å². The van der Waals surface area contributed by atoms with E-state index in [4.69, 9.17) is 16.3 Å². The molecule has 1 unspecified atom stereocenters. The van der Waals surface area contributed by atoms with Crippen LogP contribution in [0.3, 0.4) is 0 Å². The fourth-order valence-corrected chi connectivity index (χ4v) is 3.93. The number of hydrogen-bond donors (Lipinski definition) is 1. The number of carbonyl (C=O) groups is 1. The number of nitrogens with one attached hydrogen (secondary N) is 1. The van der Waals surface area contributed by atoms with Crippen LogP contribution in [0.4, 0.5) is 5.69 Å². The molecule has 1 amide bonds. The lowest BCUT2D eigenvalue weighted by Gasteiger charge is -2.22. The van der Waals surface area contributed by atoms with Crippen molar-refractivity contribution in [3.05, 3.63) is 53.1 Å². The highest BCUT2D eigenvalue weighted by Gasteiger charge is 2.26. The van der Waals surface area contributed by atoms with Crippen molar-refractivity contribution in [2.45, 2.75) is 24.7 Å². The number of halogens is 1. The molecule has 2 aromatic carbocycles. The maximum atomic E-state index is 13.0. The SMILES string of the molecule is COc1ccc(S(=O)(=O)N(C)C)cc1NC(=O)C(c1ccc(Cl)cc1)C(C)C. The van der Waals surface area contributed by atoms with Crippen molar-refractivity contribution in [3.63, 3.8) is 0 Å². The van der Waals surface area contributed by atoms with Crippen LogP contribution < -0.4 is 10.1 Å². The van der Waals surface area contributed by atoms with E-state index in [0.29, 0.717) is 16.5 Å². The van der Waals surface area contributed by atoms with Crippen molar-refractivity contribution >= 4 is 33.2 Å². The zero-order valence-electron chi connectivity index (χ0n) is 16.6. The topological polar surface area (TPSA) is 75.7 Å². The van der Waals surface area contributed by atoms with Crippen LogP contribution >= 0.6 is 11.6 Å². The van der Waals surface area contributed by atoms with Gasteiger partial charge in [-0.25, -0.2) is 12.7 Å². The summed E-state index contributed by atoms with van der Waals surface area (Å²) < 4.78 is 31.3. The van der Waals surface area contributed by atoms with E-state index in [9.17, 15) is 13.2 Å². The Morgan fingerprint density at radius 3 is 2.21 bits per heavy atom. The molecule has 0 saturated carbocycles. The molecule has 0 spiro atoms. The highest BCUT2D eigenvalue weighted by molar-refractivity contribution is 7.89. The van der Waals surface area contributed by atoms with Gasteiger partial charge in [-0.05, 0) is 41.8 Å². The molecule has 152 valence electrons. The minimum Gasteiger partial charge on any atom is -0.495 e. The van der Waals surface area contributed by atoms with Crippen LogP contribution in [0.25, 0.3) is 0 Å². The third-order valence-corrected chi connectivity index (χ3v) is 6.45. The Morgan fingerprint density at radius 2 is 1.71 bits per heavy atom. The van der Waals surface area contributed by atoms with Crippen LogP contribution in [-0.2, 0) is 14.8 Å². The van der Waals surface area contributed by atoms with Crippen LogP contribution in [0.15, 0.2) is 47.4 Å². The highest BCUT2D eigenvalue weighted by Crippen LogP contribution is 2.32. The number of carbonyl (C=O) groups excluding carboxylic acids is 1. The highest BCUT2D eigenvalue weighted by atomic mass is 35.5. The molecule has 1 atom stereocenters. The first-order valence-corrected chi connectivity index (χ1v) is 10.6. The van der Waals surface area contributed by atoms with Gasteiger partial charge in [0.2, 0.25) is 15.9 Å². The quantitative estimate of drug-likeness (QED) is 0.729. The number of amides is 1. The lowest BCUT2D eigenvalue weighted by molar-refractivity contribution is -0.118. The normalized spacial score (nSPS) is 12.9. The molecule has 0 bridgehead atoms. The summed E-state index contributed by atoms with van der Waals surface area (Å²) in [5.41, 5.74) is 1.13. The monoisotopic (exact) mass is 424 g/mol. The van der Waals surface area contributed by atoms with Gasteiger partial charge in [-0.1, -0.05) is 37.6 Å². The number of ether oxygens (including phenoxy) is 1. The van der Waals surface area contributed by atoms with E-state index in [1.165, 1.54) is 39.4 Å². The van der Waals surface area contributed by atoms with Crippen LogP contribution in [-0.4, -0.2) is 39.8 Å². The Hall–Kier alpha value is -2.09. The molecule has 0 fully saturated rings. The summed E-state index contributed by atoms with van der Waals surface area (Å²) in [6, 6.07) is 11.5. The fourth-order valence-electron chi connectivity index (χ4n) is 2.88. The predicted molar refractivity (Wildman–Crippen MR) is 112 cm³/mol. The minimum atomic E-state index is -3.64. The van der Waals surface area contributed by atoms with Gasteiger partial charge in [-0.15, -0.1) is 0 Å². The first-order valence-electron chi connectivity index (χ1n) is 8.74. The largest absolute Gasteiger partial charge is 0.495 e. The van der Waals surface area contributed by atoms with Gasteiger partial charge >= 0.3 is 0 Å². The third kappa shape index (κ3) is 4.84. The average molecular weight is 425 g/mol. The summed E-state index contributed by atoms with van der Waals surface area (Å²) in [6.07, 6.45) is 0. The number of sulfonamides is 1. The Kier molecular flexibility index (Phi) is 7.09. The molecule has 8 heteroatoms. The molecule has 0 saturated heterocycles. The lowest BCUT2D eigenvalue weighted by Crippen LogP contribution is -2.26. The number of nitrogens with zero attached hydrogens (tertiary/aromatic N) is 1. The Balaban J connectivity index is 2.41. The van der Waals surface area contributed by atoms with Gasteiger partial charge in [-0.2, -0.15) is 0 Å². The second kappa shape index (κ2) is 8.94. The standard InChI is InChI=1S/C20H25ClN2O4S/c1-13(2)19(14-6-8-15(21)9-7-14)20(24)22-17-12-16(10-11-18(17)27-5)28(25,26)23(3)4/h6-13,19H,1-5H3,(H,22,24). The van der Waals surface area contributed by atoms with Crippen molar-refractivity contribution in [1.29, 1.82) is 0 Å². The molecule has 0 aliphatic carbocycles. The fraction of sp³-hybridized carbons (Fsp3) is 0.350. The lowest BCUT2D eigenvalue weighted by atomic mass is 9.87. The maximum Gasteiger partial charge on any atom is 0.242 e. The van der Waals surface area contributed by atoms with E-state index >= 15 is 0 Å². The second-order valence-corrected chi connectivity index (χ2v) is 9.50. The van der Waals surface area contributed by atoms with E-state index in [1.54, 1.807) is 12.1 Å². The van der Waals surface area contributed by atoms with E-state index in [2.05, 4.69) is 5.32 Å². The summed E-state index contributed by atoms with van der Waals surface area (Å²) in [5, 5.41) is 3.42. The molecular formula is C20H25ClN2O4S. The Morgan fingerprint density at radius 1 is 1.11 bits per heavy atom. The van der Waals surface area contributed by atoms with E-state index < -0.39 is 15.9 Å². The summed E-state index contributed by atoms with van der Waals surface area (Å²) >= 11 is 5.95. The minimum absolute atomic E-state index is 0.0147. The van der Waals surface area contributed by atoms with E-state index in [-0.39, 0.29) is 16.7 Å². The number of benzene rings is 2. The van der Waals surface area contributed by atoms with Crippen LogP contribution in [0.1, 0.15) is 25.3 Å². The van der Waals surface area contributed by atoms with Crippen molar-refractivity contribution in [2.24, 2.45) is 5.92 Å². The van der Waals surface area contributed by atoms with Gasteiger partial charge in [0.25, 0.3) is 0 Å². The molecule has 28 heavy (non-hydrogen) atoms. The van der Waals surface area contributed by atoms with Gasteiger partial charge in [0.15, 0.2) is 0 Å². The first-order chi connectivity index (χ1) is 13.1. The maximum absolute atomic E-state index is 13.0. The summed E-state index contributed by atoms with van der Waals surface area (Å²) in [5.74, 6) is -0.295. The average Bonchev–Trinajstić information content (AvgIpc) is 2.63. The van der Waals surface area contributed by atoms with Crippen LogP contribution in [0, 0.1) is 5.92 Å². The van der Waals surface area contributed by atoms with Crippen LogP contribution in [0.2, 0.25) is 5.02 Å². The molecule has 6 nitrogen and oxygen atoms in total. The third-order valence-electron chi connectivity index (χ3n) is 4.39. The first kappa shape index (κ1) is 22.2. The number of methoxy groups -OCH3 is 1. The summed E-state index contributed by atoms with van der Waals surface area (Å²) in [6.45, 7) is 3.89. The molecule has 2 aromatic rings. The molecule has 0 aromatic heterocycles. The molecular weight excluding hydrogens is 400 g/mol. The number of anilines is 1. The summed E-state index contributed by atoms with van der Waals surface area (Å²) in [7, 11) is 0.724. The van der Waals surface area contributed by atoms with E-state index in [1.807, 2.05) is 26.0 Å². The zero-order chi connectivity index (χ0) is 21.1. The van der Waals surface area contributed by atoms with Gasteiger partial charge in [-0.3, -0.25) is 4.79 Å². The molecule has 1 N–H and O–H groups in total. The molecule has 0 radical (unpaired) electrons. The summed E-state index contributed by atoms with van der Waals surface area (Å²) in [4.78, 5) is 13.1. The van der Waals surface area contributed by atoms with Crippen molar-refractivity contribution in [1.82, 2.24) is 4.31 Å². The van der Waals surface area contributed by atoms with Crippen molar-refractivity contribution in [2.75, 3.05) is 26.5 Å². The van der Waals surface area contributed by atoms with Crippen molar-refractivity contribution < 1.29 is 17.9 Å². The second-order valence-electron chi connectivity index (χ2n) is 6.91. The molecule has 0 aliphatic rings. The number of rotatable bonds is 7. The van der Waals surface area contributed by atoms with E-state index in [0.717, 1.165) is 9.87 Å². The van der Waals surface area contributed by atoms with Gasteiger partial charge in [0.05, 0.1) is 23.6 Å². The van der Waals surface area contributed by atoms with Gasteiger partial charge in [0, 0.05) is 19.1 Å². The predicted octanol–water partition coefficient (Wildman–Crippen LogP) is 3.98. The van der Waals surface area contributed by atoms with Crippen LogP contribution in [0.5, 0.6) is 5.75 Å². The molecule has 0 heterocycles. The zero-order valence-corrected chi connectivity index (χ0v) is 18.1.